The molecule has 8 heteroatoms. The molecule has 1 fully saturated rings. The second kappa shape index (κ2) is 8.52. The fourth-order valence-electron chi connectivity index (χ4n) is 3.38. The number of amides is 2. The van der Waals surface area contributed by atoms with Gasteiger partial charge in [-0.25, -0.2) is 9.78 Å². The van der Waals surface area contributed by atoms with Gasteiger partial charge in [-0.05, 0) is 12.8 Å². The highest BCUT2D eigenvalue weighted by atomic mass is 32.1. The van der Waals surface area contributed by atoms with Crippen LogP contribution in [0.3, 0.4) is 0 Å². The molecule has 0 bridgehead atoms. The molecule has 2 aromatic heterocycles. The van der Waals surface area contributed by atoms with Gasteiger partial charge in [0.1, 0.15) is 5.01 Å². The van der Waals surface area contributed by atoms with Crippen molar-refractivity contribution in [3.8, 4) is 10.6 Å². The van der Waals surface area contributed by atoms with Crippen molar-refractivity contribution in [2.75, 3.05) is 7.05 Å². The zero-order valence-corrected chi connectivity index (χ0v) is 16.6. The summed E-state index contributed by atoms with van der Waals surface area (Å²) < 4.78 is 5.35. The number of thiazole rings is 1. The van der Waals surface area contributed by atoms with Gasteiger partial charge in [-0.2, -0.15) is 4.98 Å². The first-order valence-electron chi connectivity index (χ1n) is 9.50. The number of nitrogens with zero attached hydrogens (tertiary/aromatic N) is 4. The largest absolute Gasteiger partial charge is 0.339 e. The highest BCUT2D eigenvalue weighted by Gasteiger charge is 2.23. The van der Waals surface area contributed by atoms with Crippen LogP contribution >= 0.6 is 11.3 Å². The van der Waals surface area contributed by atoms with Crippen molar-refractivity contribution in [3.63, 3.8) is 0 Å². The topological polar surface area (TPSA) is 84.2 Å². The lowest BCUT2D eigenvalue weighted by Gasteiger charge is -2.16. The third kappa shape index (κ3) is 4.39. The molecule has 1 saturated carbocycles. The molecule has 0 saturated heterocycles. The van der Waals surface area contributed by atoms with Crippen molar-refractivity contribution < 1.29 is 9.32 Å². The van der Waals surface area contributed by atoms with Gasteiger partial charge in [0.15, 0.2) is 5.82 Å². The first-order valence-corrected chi connectivity index (χ1v) is 10.4. The minimum absolute atomic E-state index is 0.193. The van der Waals surface area contributed by atoms with Gasteiger partial charge in [0.05, 0.1) is 18.8 Å². The summed E-state index contributed by atoms with van der Waals surface area (Å²) in [6, 6.07) is 9.84. The summed E-state index contributed by atoms with van der Waals surface area (Å²) in [4.78, 5) is 23.0. The molecule has 0 atom stereocenters. The molecule has 1 aliphatic rings. The van der Waals surface area contributed by atoms with Crippen molar-refractivity contribution in [1.82, 2.24) is 25.3 Å². The van der Waals surface area contributed by atoms with Crippen LogP contribution in [0, 0.1) is 0 Å². The number of rotatable bonds is 6. The van der Waals surface area contributed by atoms with E-state index in [2.05, 4.69) is 20.4 Å². The molecule has 3 aromatic rings. The number of benzene rings is 1. The Labute approximate surface area is 167 Å². The molecule has 146 valence electrons. The maximum absolute atomic E-state index is 12.4. The van der Waals surface area contributed by atoms with Gasteiger partial charge in [-0.3, -0.25) is 0 Å². The normalized spacial score (nSPS) is 14.3. The maximum atomic E-state index is 12.4. The van der Waals surface area contributed by atoms with E-state index in [1.165, 1.54) is 12.8 Å². The molecular weight excluding hydrogens is 374 g/mol. The molecular formula is C20H23N5O2S. The van der Waals surface area contributed by atoms with Crippen molar-refractivity contribution in [1.29, 1.82) is 0 Å². The standard InChI is InChI=1S/C20H23N5O2S/c1-25(12-16-13-28-19(22-16)15-9-3-2-4-10-15)20(26)21-11-17-23-18(27-24-17)14-7-5-6-8-14/h2-4,9-10,13-14H,5-8,11-12H2,1H3,(H,21,26). The van der Waals surface area contributed by atoms with Gasteiger partial charge < -0.3 is 14.7 Å². The van der Waals surface area contributed by atoms with Crippen molar-refractivity contribution in [3.05, 3.63) is 53.1 Å². The Morgan fingerprint density at radius 3 is 2.82 bits per heavy atom. The highest BCUT2D eigenvalue weighted by molar-refractivity contribution is 7.13. The van der Waals surface area contributed by atoms with E-state index < -0.39 is 0 Å². The van der Waals surface area contributed by atoms with Crippen molar-refractivity contribution >= 4 is 17.4 Å². The highest BCUT2D eigenvalue weighted by Crippen LogP contribution is 2.32. The summed E-state index contributed by atoms with van der Waals surface area (Å²) in [5, 5.41) is 9.76. The molecule has 7 nitrogen and oxygen atoms in total. The number of urea groups is 1. The average molecular weight is 398 g/mol. The van der Waals surface area contributed by atoms with Crippen LogP contribution in [0.5, 0.6) is 0 Å². The van der Waals surface area contributed by atoms with E-state index in [1.54, 1.807) is 23.3 Å². The lowest BCUT2D eigenvalue weighted by Crippen LogP contribution is -2.36. The Kier molecular flexibility index (Phi) is 5.66. The Morgan fingerprint density at radius 2 is 2.04 bits per heavy atom. The molecule has 0 aliphatic heterocycles. The molecule has 1 N–H and O–H groups in total. The number of hydrogen-bond acceptors (Lipinski definition) is 6. The Balaban J connectivity index is 1.28. The summed E-state index contributed by atoms with van der Waals surface area (Å²) in [5.41, 5.74) is 1.95. The Bertz CT molecular complexity index is 918. The van der Waals surface area contributed by atoms with Crippen molar-refractivity contribution in [2.45, 2.75) is 44.7 Å². The van der Waals surface area contributed by atoms with Crippen LogP contribution in [0.15, 0.2) is 40.2 Å². The lowest BCUT2D eigenvalue weighted by molar-refractivity contribution is 0.205. The first-order chi connectivity index (χ1) is 13.7. The van der Waals surface area contributed by atoms with E-state index in [-0.39, 0.29) is 12.6 Å². The Hall–Kier alpha value is -2.74. The molecule has 1 aliphatic carbocycles. The zero-order chi connectivity index (χ0) is 19.3. The number of aromatic nitrogens is 3. The van der Waals surface area contributed by atoms with E-state index in [0.29, 0.717) is 24.2 Å². The molecule has 0 spiro atoms. The van der Waals surface area contributed by atoms with Gasteiger partial charge in [0.25, 0.3) is 0 Å². The summed E-state index contributed by atoms with van der Waals surface area (Å²) in [6.45, 7) is 0.695. The van der Waals surface area contributed by atoms with Crippen LogP contribution in [0.4, 0.5) is 4.79 Å². The summed E-state index contributed by atoms with van der Waals surface area (Å²) in [7, 11) is 1.75. The van der Waals surface area contributed by atoms with E-state index in [9.17, 15) is 4.79 Å². The van der Waals surface area contributed by atoms with Crippen LogP contribution in [0.25, 0.3) is 10.6 Å². The van der Waals surface area contributed by atoms with E-state index >= 15 is 0 Å². The lowest BCUT2D eigenvalue weighted by atomic mass is 10.1. The van der Waals surface area contributed by atoms with Crippen LogP contribution < -0.4 is 5.32 Å². The van der Waals surface area contributed by atoms with Crippen LogP contribution in [0.2, 0.25) is 0 Å². The Morgan fingerprint density at radius 1 is 1.25 bits per heavy atom. The predicted octanol–water partition coefficient (Wildman–Crippen LogP) is 4.19. The van der Waals surface area contributed by atoms with Crippen LogP contribution in [-0.4, -0.2) is 33.1 Å². The second-order valence-electron chi connectivity index (χ2n) is 7.06. The second-order valence-corrected chi connectivity index (χ2v) is 7.91. The zero-order valence-electron chi connectivity index (χ0n) is 15.8. The molecule has 4 rings (SSSR count). The summed E-state index contributed by atoms with van der Waals surface area (Å²) in [5.74, 6) is 1.60. The molecule has 0 radical (unpaired) electrons. The third-order valence-corrected chi connectivity index (χ3v) is 5.84. The van der Waals surface area contributed by atoms with Gasteiger partial charge in [0.2, 0.25) is 5.89 Å². The van der Waals surface area contributed by atoms with Gasteiger partial charge >= 0.3 is 6.03 Å². The van der Waals surface area contributed by atoms with E-state index in [0.717, 1.165) is 29.1 Å². The van der Waals surface area contributed by atoms with E-state index in [4.69, 9.17) is 4.52 Å². The number of nitrogens with one attached hydrogen (secondary N) is 1. The summed E-state index contributed by atoms with van der Waals surface area (Å²) in [6.07, 6.45) is 4.64. The van der Waals surface area contributed by atoms with Crippen LogP contribution in [-0.2, 0) is 13.1 Å². The monoisotopic (exact) mass is 397 g/mol. The average Bonchev–Trinajstić information content (AvgIpc) is 3.47. The van der Waals surface area contributed by atoms with Crippen molar-refractivity contribution in [2.24, 2.45) is 0 Å². The predicted molar refractivity (Wildman–Crippen MR) is 107 cm³/mol. The molecule has 2 heterocycles. The quantitative estimate of drug-likeness (QED) is 0.674. The minimum atomic E-state index is -0.193. The smallest absolute Gasteiger partial charge is 0.317 e. The molecule has 28 heavy (non-hydrogen) atoms. The summed E-state index contributed by atoms with van der Waals surface area (Å²) >= 11 is 1.58. The fourth-order valence-corrected chi connectivity index (χ4v) is 4.19. The maximum Gasteiger partial charge on any atom is 0.317 e. The first kappa shape index (κ1) is 18.6. The van der Waals surface area contributed by atoms with Gasteiger partial charge in [0, 0.05) is 23.9 Å². The van der Waals surface area contributed by atoms with Crippen LogP contribution in [0.1, 0.15) is 49.0 Å². The number of hydrogen-bond donors (Lipinski definition) is 1. The third-order valence-electron chi connectivity index (χ3n) is 4.90. The van der Waals surface area contributed by atoms with Gasteiger partial charge in [-0.15, -0.1) is 11.3 Å². The molecule has 2 amide bonds. The van der Waals surface area contributed by atoms with E-state index in [1.807, 2.05) is 35.7 Å². The SMILES string of the molecule is CN(Cc1csc(-c2ccccc2)n1)C(=O)NCc1noc(C2CCCC2)n1. The van der Waals surface area contributed by atoms with Gasteiger partial charge in [-0.1, -0.05) is 48.3 Å². The number of carbonyl (C=O) groups excluding carboxylic acids is 1. The minimum Gasteiger partial charge on any atom is -0.339 e. The molecule has 1 aromatic carbocycles. The molecule has 0 unspecified atom stereocenters. The number of carbonyl (C=O) groups is 1. The fraction of sp³-hybridized carbons (Fsp3) is 0.400.